The van der Waals surface area contributed by atoms with E-state index in [9.17, 15) is 26.4 Å². The lowest BCUT2D eigenvalue weighted by Gasteiger charge is -2.22. The lowest BCUT2D eigenvalue weighted by molar-refractivity contribution is -0.0521. The summed E-state index contributed by atoms with van der Waals surface area (Å²) < 4.78 is 73.3. The van der Waals surface area contributed by atoms with Gasteiger partial charge >= 0.3 is 6.61 Å². The van der Waals surface area contributed by atoms with Crippen LogP contribution in [0.2, 0.25) is 5.02 Å². The number of halogens is 4. The maximum atomic E-state index is 14.7. The van der Waals surface area contributed by atoms with Gasteiger partial charge in [-0.1, -0.05) is 24.4 Å². The minimum Gasteiger partial charge on any atom is -0.432 e. The second kappa shape index (κ2) is 9.75. The number of hydrogen-bond acceptors (Lipinski definition) is 4. The summed E-state index contributed by atoms with van der Waals surface area (Å²) in [6.07, 6.45) is 3.27. The molecule has 1 fully saturated rings. The van der Waals surface area contributed by atoms with Gasteiger partial charge in [0.15, 0.2) is 11.6 Å². The van der Waals surface area contributed by atoms with E-state index in [1.807, 2.05) is 0 Å². The Labute approximate surface area is 217 Å². The number of sulfonamides is 1. The Morgan fingerprint density at radius 2 is 1.84 bits per heavy atom. The number of primary amides is 1. The molecule has 1 aliphatic rings. The number of amides is 1. The largest absolute Gasteiger partial charge is 0.432 e. The van der Waals surface area contributed by atoms with Crippen molar-refractivity contribution >= 4 is 44.1 Å². The smallest absolute Gasteiger partial charge is 0.387 e. The van der Waals surface area contributed by atoms with Gasteiger partial charge in [-0.25, -0.2) is 12.8 Å². The van der Waals surface area contributed by atoms with Gasteiger partial charge in [-0.2, -0.15) is 8.78 Å². The average molecular weight is 558 g/mol. The molecule has 200 valence electrons. The van der Waals surface area contributed by atoms with Crippen LogP contribution in [0.3, 0.4) is 0 Å². The molecule has 1 aromatic heterocycles. The van der Waals surface area contributed by atoms with E-state index in [1.54, 1.807) is 31.4 Å². The Morgan fingerprint density at radius 1 is 1.19 bits per heavy atom. The van der Waals surface area contributed by atoms with Gasteiger partial charge in [0.05, 0.1) is 32.2 Å². The van der Waals surface area contributed by atoms with E-state index in [0.29, 0.717) is 16.8 Å². The van der Waals surface area contributed by atoms with Crippen LogP contribution < -0.4 is 15.2 Å². The zero-order chi connectivity index (χ0) is 27.3. The van der Waals surface area contributed by atoms with Gasteiger partial charge < -0.3 is 15.0 Å². The number of ether oxygens (including phenoxy) is 1. The zero-order valence-electron chi connectivity index (χ0n) is 20.4. The second-order valence-corrected chi connectivity index (χ2v) is 12.8. The zero-order valence-corrected chi connectivity index (χ0v) is 22.0. The molecule has 0 spiro atoms. The van der Waals surface area contributed by atoms with Crippen molar-refractivity contribution in [1.82, 2.24) is 4.57 Å². The molecule has 0 unspecified atom stereocenters. The maximum absolute atomic E-state index is 14.7. The molecule has 7 nitrogen and oxygen atoms in total. The first-order valence-electron chi connectivity index (χ1n) is 11.7. The molecular weight excluding hydrogens is 531 g/mol. The molecule has 0 atom stereocenters. The van der Waals surface area contributed by atoms with E-state index in [-0.39, 0.29) is 27.7 Å². The van der Waals surface area contributed by atoms with E-state index in [0.717, 1.165) is 37.8 Å². The highest BCUT2D eigenvalue weighted by Gasteiger charge is 2.32. The molecule has 1 amide bonds. The minimum atomic E-state index is -3.73. The minimum absolute atomic E-state index is 0.0191. The van der Waals surface area contributed by atoms with E-state index in [2.05, 4.69) is 9.46 Å². The summed E-state index contributed by atoms with van der Waals surface area (Å²) in [5.41, 5.74) is 6.91. The number of aromatic nitrogens is 1. The quantitative estimate of drug-likeness (QED) is 0.348. The van der Waals surface area contributed by atoms with E-state index in [4.69, 9.17) is 17.3 Å². The van der Waals surface area contributed by atoms with Crippen LogP contribution in [-0.2, 0) is 10.0 Å². The molecule has 0 bridgehead atoms. The van der Waals surface area contributed by atoms with Crippen molar-refractivity contribution < 1.29 is 31.1 Å². The molecule has 12 heteroatoms. The summed E-state index contributed by atoms with van der Waals surface area (Å²) in [5, 5.41) is 0.255. The number of nitrogens with one attached hydrogen (secondary N) is 1. The lowest BCUT2D eigenvalue weighted by atomic mass is 10.0. The first-order valence-corrected chi connectivity index (χ1v) is 13.5. The molecule has 37 heavy (non-hydrogen) atoms. The Bertz CT molecular complexity index is 1480. The first kappa shape index (κ1) is 27.1. The number of nitrogens with two attached hydrogens (primary N) is 1. The van der Waals surface area contributed by atoms with Gasteiger partial charge in [-0.3, -0.25) is 9.52 Å². The van der Waals surface area contributed by atoms with E-state index < -0.39 is 38.9 Å². The van der Waals surface area contributed by atoms with Gasteiger partial charge in [0.25, 0.3) is 5.91 Å². The number of carbonyl (C=O) groups excluding carboxylic acids is 1. The van der Waals surface area contributed by atoms with Gasteiger partial charge in [0.1, 0.15) is 0 Å². The van der Waals surface area contributed by atoms with Crippen molar-refractivity contribution in [3.05, 3.63) is 46.7 Å². The summed E-state index contributed by atoms with van der Waals surface area (Å²) in [6, 6.07) is 6.42. The summed E-state index contributed by atoms with van der Waals surface area (Å²) >= 11 is 6.62. The molecule has 1 aliphatic carbocycles. The number of fused-ring (bicyclic) bond motifs is 1. The molecule has 3 aromatic rings. The standard InChI is InChI=1S/C25H27ClF3N3O4S/c1-25(2,3)37(34,35)31-13-8-9-15(17(26)10-13)22-21(23(30)33)16-11-18(27)20(36-24(28)29)12-19(16)32(22)14-6-4-5-7-14/h8-12,14,24,31H,4-7H2,1-3H3,(H2,30,33). The van der Waals surface area contributed by atoms with Crippen molar-refractivity contribution in [3.63, 3.8) is 0 Å². The van der Waals surface area contributed by atoms with Crippen LogP contribution in [0.25, 0.3) is 22.2 Å². The van der Waals surface area contributed by atoms with Gasteiger partial charge in [0.2, 0.25) is 10.0 Å². The van der Waals surface area contributed by atoms with Gasteiger partial charge in [0, 0.05) is 23.1 Å². The highest BCUT2D eigenvalue weighted by Crippen LogP contribution is 2.45. The van der Waals surface area contributed by atoms with Crippen molar-refractivity contribution in [2.75, 3.05) is 4.72 Å². The highest BCUT2D eigenvalue weighted by molar-refractivity contribution is 7.94. The molecule has 0 radical (unpaired) electrons. The monoisotopic (exact) mass is 557 g/mol. The second-order valence-electron chi connectivity index (χ2n) is 9.99. The Kier molecular flexibility index (Phi) is 7.15. The molecule has 1 saturated carbocycles. The molecule has 2 aromatic carbocycles. The Balaban J connectivity index is 1.97. The third-order valence-electron chi connectivity index (χ3n) is 6.49. The number of alkyl halides is 2. The third kappa shape index (κ3) is 5.11. The number of rotatable bonds is 7. The fourth-order valence-corrected chi connectivity index (χ4v) is 5.64. The topological polar surface area (TPSA) is 103 Å². The Morgan fingerprint density at radius 3 is 2.38 bits per heavy atom. The average Bonchev–Trinajstić information content (AvgIpc) is 3.38. The van der Waals surface area contributed by atoms with E-state index >= 15 is 0 Å². The van der Waals surface area contributed by atoms with Crippen LogP contribution >= 0.6 is 11.6 Å². The summed E-state index contributed by atoms with van der Waals surface area (Å²) in [5.74, 6) is -2.57. The summed E-state index contributed by atoms with van der Waals surface area (Å²) in [6.45, 7) is 1.41. The fraction of sp³-hybridized carbons (Fsp3) is 0.400. The number of hydrogen-bond donors (Lipinski definition) is 2. The van der Waals surface area contributed by atoms with Crippen molar-refractivity contribution in [2.24, 2.45) is 5.73 Å². The maximum Gasteiger partial charge on any atom is 0.387 e. The molecule has 4 rings (SSSR count). The predicted octanol–water partition coefficient (Wildman–Crippen LogP) is 6.46. The van der Waals surface area contributed by atoms with E-state index in [1.165, 1.54) is 12.1 Å². The molecular formula is C25H27ClF3N3O4S. The lowest BCUT2D eigenvalue weighted by Crippen LogP contribution is -2.33. The normalized spacial score (nSPS) is 15.0. The molecule has 0 saturated heterocycles. The first-order chi connectivity index (χ1) is 17.2. The molecule has 1 heterocycles. The number of benzene rings is 2. The predicted molar refractivity (Wildman–Crippen MR) is 137 cm³/mol. The Hall–Kier alpha value is -2.92. The summed E-state index contributed by atoms with van der Waals surface area (Å²) in [4.78, 5) is 12.7. The number of carbonyl (C=O) groups is 1. The van der Waals surface area contributed by atoms with Crippen molar-refractivity contribution in [2.45, 2.75) is 63.9 Å². The van der Waals surface area contributed by atoms with Crippen LogP contribution in [0, 0.1) is 5.82 Å². The fourth-order valence-electron chi connectivity index (χ4n) is 4.63. The number of nitrogens with zero attached hydrogens (tertiary/aromatic N) is 1. The molecule has 0 aliphatic heterocycles. The van der Waals surface area contributed by atoms with Crippen LogP contribution in [0.4, 0.5) is 18.9 Å². The molecule has 3 N–H and O–H groups in total. The van der Waals surface area contributed by atoms with Crippen LogP contribution in [0.15, 0.2) is 30.3 Å². The van der Waals surface area contributed by atoms with Crippen molar-refractivity contribution in [1.29, 1.82) is 0 Å². The van der Waals surface area contributed by atoms with Gasteiger partial charge in [-0.15, -0.1) is 0 Å². The third-order valence-corrected chi connectivity index (χ3v) is 8.92. The van der Waals surface area contributed by atoms with Crippen LogP contribution in [0.5, 0.6) is 5.75 Å². The van der Waals surface area contributed by atoms with Crippen LogP contribution in [-0.4, -0.2) is 30.3 Å². The number of anilines is 1. The highest BCUT2D eigenvalue weighted by atomic mass is 35.5. The SMILES string of the molecule is CC(C)(C)S(=O)(=O)Nc1ccc(-c2c(C(N)=O)c3cc(F)c(OC(F)F)cc3n2C2CCCC2)c(Cl)c1. The van der Waals surface area contributed by atoms with Gasteiger partial charge in [-0.05, 0) is 57.9 Å². The summed E-state index contributed by atoms with van der Waals surface area (Å²) in [7, 11) is -3.73. The van der Waals surface area contributed by atoms with Crippen molar-refractivity contribution in [3.8, 4) is 17.0 Å². The van der Waals surface area contributed by atoms with Crippen LogP contribution in [0.1, 0.15) is 62.9 Å².